The first-order valence-corrected chi connectivity index (χ1v) is 7.99. The molecule has 0 bridgehead atoms. The van der Waals surface area contributed by atoms with Gasteiger partial charge in [-0.15, -0.1) is 12.4 Å². The van der Waals surface area contributed by atoms with Crippen molar-refractivity contribution in [2.45, 2.75) is 51.1 Å². The number of halogens is 1. The number of fused-ring (bicyclic) bond motifs is 1. The van der Waals surface area contributed by atoms with Gasteiger partial charge in [-0.25, -0.2) is 0 Å². The second kappa shape index (κ2) is 7.10. The molecule has 20 heavy (non-hydrogen) atoms. The second-order valence-electron chi connectivity index (χ2n) is 6.65. The van der Waals surface area contributed by atoms with Gasteiger partial charge >= 0.3 is 0 Å². The molecule has 3 fully saturated rings. The van der Waals surface area contributed by atoms with Crippen LogP contribution >= 0.6 is 12.4 Å². The van der Waals surface area contributed by atoms with Crippen molar-refractivity contribution in [3.63, 3.8) is 0 Å². The molecule has 3 aliphatic rings. The van der Waals surface area contributed by atoms with E-state index < -0.39 is 0 Å². The Morgan fingerprint density at radius 1 is 1.15 bits per heavy atom. The summed E-state index contributed by atoms with van der Waals surface area (Å²) in [6.45, 7) is 6.54. The smallest absolute Gasteiger partial charge is 0.237 e. The van der Waals surface area contributed by atoms with Gasteiger partial charge in [0, 0.05) is 19.1 Å². The van der Waals surface area contributed by atoms with Crippen molar-refractivity contribution in [3.05, 3.63) is 0 Å². The van der Waals surface area contributed by atoms with E-state index in [0.29, 0.717) is 6.04 Å². The number of carbonyl (C=O) groups is 1. The van der Waals surface area contributed by atoms with Gasteiger partial charge in [0.15, 0.2) is 0 Å². The first kappa shape index (κ1) is 16.1. The van der Waals surface area contributed by atoms with Gasteiger partial charge in [-0.05, 0) is 44.7 Å². The van der Waals surface area contributed by atoms with Crippen molar-refractivity contribution < 1.29 is 4.79 Å². The van der Waals surface area contributed by atoms with Crippen LogP contribution in [0.15, 0.2) is 0 Å². The van der Waals surface area contributed by atoms with E-state index in [0.717, 1.165) is 38.0 Å². The minimum atomic E-state index is 0. The average molecular weight is 302 g/mol. The van der Waals surface area contributed by atoms with Crippen LogP contribution in [0.1, 0.15) is 39.0 Å². The van der Waals surface area contributed by atoms with Crippen LogP contribution in [0.2, 0.25) is 0 Å². The number of likely N-dealkylation sites (tertiary alicyclic amines) is 1. The molecule has 4 nitrogen and oxygen atoms in total. The molecule has 3 atom stereocenters. The molecule has 2 saturated heterocycles. The van der Waals surface area contributed by atoms with Gasteiger partial charge in [0.05, 0.1) is 6.04 Å². The van der Waals surface area contributed by atoms with Crippen molar-refractivity contribution >= 4 is 18.3 Å². The second-order valence-corrected chi connectivity index (χ2v) is 6.65. The highest BCUT2D eigenvalue weighted by molar-refractivity contribution is 5.85. The lowest BCUT2D eigenvalue weighted by atomic mass is 9.95. The van der Waals surface area contributed by atoms with Crippen LogP contribution in [0.3, 0.4) is 0 Å². The number of carbonyl (C=O) groups excluding carboxylic acids is 1. The Morgan fingerprint density at radius 2 is 1.75 bits per heavy atom. The molecule has 0 aromatic carbocycles. The highest BCUT2D eigenvalue weighted by Gasteiger charge is 2.39. The van der Waals surface area contributed by atoms with Crippen molar-refractivity contribution in [2.75, 3.05) is 26.2 Å². The lowest BCUT2D eigenvalue weighted by Gasteiger charge is -2.28. The molecule has 5 heteroatoms. The van der Waals surface area contributed by atoms with Crippen molar-refractivity contribution in [2.24, 2.45) is 11.8 Å². The molecule has 116 valence electrons. The zero-order chi connectivity index (χ0) is 13.2. The van der Waals surface area contributed by atoms with Gasteiger partial charge in [-0.2, -0.15) is 0 Å². The number of nitrogens with zero attached hydrogens (tertiary/aromatic N) is 1. The summed E-state index contributed by atoms with van der Waals surface area (Å²) in [6.07, 6.45) is 6.24. The summed E-state index contributed by atoms with van der Waals surface area (Å²) in [5, 5.41) is 6.72. The topological polar surface area (TPSA) is 44.4 Å². The van der Waals surface area contributed by atoms with E-state index in [9.17, 15) is 4.79 Å². The lowest BCUT2D eigenvalue weighted by molar-refractivity contribution is -0.126. The van der Waals surface area contributed by atoms with E-state index in [1.165, 1.54) is 32.1 Å². The van der Waals surface area contributed by atoms with Crippen molar-refractivity contribution in [1.82, 2.24) is 15.5 Å². The number of nitrogens with one attached hydrogen (secondary N) is 2. The Morgan fingerprint density at radius 3 is 2.35 bits per heavy atom. The summed E-state index contributed by atoms with van der Waals surface area (Å²) in [5.41, 5.74) is 0. The maximum atomic E-state index is 12.3. The molecule has 3 rings (SSSR count). The Bertz CT molecular complexity index is 321. The first-order chi connectivity index (χ1) is 9.24. The van der Waals surface area contributed by atoms with Crippen LogP contribution in [0.4, 0.5) is 0 Å². The summed E-state index contributed by atoms with van der Waals surface area (Å²) < 4.78 is 0. The van der Waals surface area contributed by atoms with Crippen LogP contribution < -0.4 is 10.6 Å². The zero-order valence-electron chi connectivity index (χ0n) is 12.4. The molecule has 2 heterocycles. The van der Waals surface area contributed by atoms with Gasteiger partial charge in [0.2, 0.25) is 5.91 Å². The van der Waals surface area contributed by atoms with Crippen LogP contribution in [-0.2, 0) is 4.79 Å². The van der Waals surface area contributed by atoms with E-state index in [4.69, 9.17) is 0 Å². The Kier molecular flexibility index (Phi) is 5.70. The van der Waals surface area contributed by atoms with E-state index in [1.807, 2.05) is 0 Å². The van der Waals surface area contributed by atoms with E-state index in [2.05, 4.69) is 22.5 Å². The third-order valence-corrected chi connectivity index (χ3v) is 5.30. The van der Waals surface area contributed by atoms with E-state index in [-0.39, 0.29) is 24.4 Å². The number of amides is 1. The molecular formula is C15H28ClN3O. The van der Waals surface area contributed by atoms with Gasteiger partial charge in [-0.1, -0.05) is 19.3 Å². The summed E-state index contributed by atoms with van der Waals surface area (Å²) in [6, 6.07) is 0.486. The fourth-order valence-corrected chi connectivity index (χ4v) is 3.94. The van der Waals surface area contributed by atoms with E-state index >= 15 is 0 Å². The predicted molar refractivity (Wildman–Crippen MR) is 83.1 cm³/mol. The first-order valence-electron chi connectivity index (χ1n) is 7.99. The fraction of sp³-hybridized carbons (Fsp3) is 0.933. The zero-order valence-corrected chi connectivity index (χ0v) is 13.3. The minimum Gasteiger partial charge on any atom is -0.352 e. The molecule has 0 aromatic rings. The van der Waals surface area contributed by atoms with Gasteiger partial charge in [-0.3, -0.25) is 9.69 Å². The molecule has 2 N–H and O–H groups in total. The van der Waals surface area contributed by atoms with Crippen LogP contribution in [-0.4, -0.2) is 49.1 Å². The van der Waals surface area contributed by atoms with Crippen LogP contribution in [0.5, 0.6) is 0 Å². The van der Waals surface area contributed by atoms with Gasteiger partial charge in [0.25, 0.3) is 0 Å². The maximum Gasteiger partial charge on any atom is 0.237 e. The fourth-order valence-electron chi connectivity index (χ4n) is 3.94. The molecule has 1 aliphatic carbocycles. The highest BCUT2D eigenvalue weighted by Crippen LogP contribution is 2.27. The maximum absolute atomic E-state index is 12.3. The third-order valence-electron chi connectivity index (χ3n) is 5.30. The summed E-state index contributed by atoms with van der Waals surface area (Å²) in [7, 11) is 0. The summed E-state index contributed by atoms with van der Waals surface area (Å²) in [5.74, 6) is 1.79. The molecule has 0 spiro atoms. The predicted octanol–water partition coefficient (Wildman–Crippen LogP) is 1.40. The molecule has 1 amide bonds. The monoisotopic (exact) mass is 301 g/mol. The molecule has 1 saturated carbocycles. The molecule has 1 unspecified atom stereocenters. The van der Waals surface area contributed by atoms with Gasteiger partial charge in [0.1, 0.15) is 0 Å². The van der Waals surface area contributed by atoms with Crippen molar-refractivity contribution in [3.8, 4) is 0 Å². The van der Waals surface area contributed by atoms with Crippen LogP contribution in [0.25, 0.3) is 0 Å². The SMILES string of the molecule is CC(C(=O)NC1CCCCC1)N1C[C@H]2CNC[C@H]2C1.Cl. The normalized spacial score (nSPS) is 32.5. The molecule has 0 aromatic heterocycles. The largest absolute Gasteiger partial charge is 0.352 e. The Labute approximate surface area is 128 Å². The van der Waals surface area contributed by atoms with Crippen molar-refractivity contribution in [1.29, 1.82) is 0 Å². The molecule has 2 aliphatic heterocycles. The quantitative estimate of drug-likeness (QED) is 0.828. The highest BCUT2D eigenvalue weighted by atomic mass is 35.5. The van der Waals surface area contributed by atoms with E-state index in [1.54, 1.807) is 0 Å². The summed E-state index contributed by atoms with van der Waals surface area (Å²) >= 11 is 0. The minimum absolute atomic E-state index is 0. The Balaban J connectivity index is 0.00000147. The number of hydrogen-bond donors (Lipinski definition) is 2. The molecule has 0 radical (unpaired) electrons. The Hall–Kier alpha value is -0.320. The number of rotatable bonds is 3. The standard InChI is InChI=1S/C15H27N3O.ClH/c1-11(15(19)17-14-5-3-2-4-6-14)18-9-12-7-16-8-13(12)10-18;/h11-14,16H,2-10H2,1H3,(H,17,19);1H/t11?,12-,13+;. The van der Waals surface area contributed by atoms with Crippen LogP contribution in [0, 0.1) is 11.8 Å². The van der Waals surface area contributed by atoms with Gasteiger partial charge < -0.3 is 10.6 Å². The summed E-state index contributed by atoms with van der Waals surface area (Å²) in [4.78, 5) is 14.7. The average Bonchev–Trinajstić information content (AvgIpc) is 2.99. The lowest BCUT2D eigenvalue weighted by Crippen LogP contribution is -2.48. The third kappa shape index (κ3) is 3.46. The number of hydrogen-bond acceptors (Lipinski definition) is 3. The molecular weight excluding hydrogens is 274 g/mol.